The van der Waals surface area contributed by atoms with Gasteiger partial charge in [-0.15, -0.1) is 0 Å². The Morgan fingerprint density at radius 3 is 2.21 bits per heavy atom. The van der Waals surface area contributed by atoms with Crippen LogP contribution in [0.1, 0.15) is 5.56 Å². The van der Waals surface area contributed by atoms with Gasteiger partial charge in [-0.3, -0.25) is 4.79 Å². The van der Waals surface area contributed by atoms with E-state index in [1.807, 2.05) is 0 Å². The molecule has 3 heteroatoms. The lowest BCUT2D eigenvalue weighted by Gasteiger charge is -2.12. The standard InChI is InChI=1S/C11H12ClNO/c1-8(11(14)13(2)3)9-4-6-10(12)7-5-9/h4-7H,1H2,2-3H3. The molecule has 0 N–H and O–H groups in total. The minimum absolute atomic E-state index is 0.0904. The van der Waals surface area contributed by atoms with Gasteiger partial charge in [0, 0.05) is 24.7 Å². The predicted molar refractivity (Wildman–Crippen MR) is 59.2 cm³/mol. The van der Waals surface area contributed by atoms with Crippen molar-refractivity contribution >= 4 is 23.1 Å². The molecular weight excluding hydrogens is 198 g/mol. The van der Waals surface area contributed by atoms with Crippen LogP contribution in [0.2, 0.25) is 5.02 Å². The number of benzene rings is 1. The number of carbonyl (C=O) groups is 1. The van der Waals surface area contributed by atoms with Gasteiger partial charge in [-0.05, 0) is 17.7 Å². The Hall–Kier alpha value is -1.28. The van der Waals surface area contributed by atoms with Crippen molar-refractivity contribution < 1.29 is 4.79 Å². The van der Waals surface area contributed by atoms with Crippen molar-refractivity contribution in [1.82, 2.24) is 4.90 Å². The van der Waals surface area contributed by atoms with Crippen LogP contribution in [-0.4, -0.2) is 24.9 Å². The minimum Gasteiger partial charge on any atom is -0.345 e. The molecule has 2 nitrogen and oxygen atoms in total. The fourth-order valence-corrected chi connectivity index (χ4v) is 1.17. The summed E-state index contributed by atoms with van der Waals surface area (Å²) in [6.07, 6.45) is 0. The second-order valence-corrected chi connectivity index (χ2v) is 3.62. The average Bonchev–Trinajstić information content (AvgIpc) is 2.16. The second kappa shape index (κ2) is 4.29. The number of nitrogens with zero attached hydrogens (tertiary/aromatic N) is 1. The monoisotopic (exact) mass is 209 g/mol. The van der Waals surface area contributed by atoms with Crippen LogP contribution in [-0.2, 0) is 4.79 Å². The van der Waals surface area contributed by atoms with Crippen molar-refractivity contribution in [1.29, 1.82) is 0 Å². The number of carbonyl (C=O) groups excluding carboxylic acids is 1. The molecule has 1 amide bonds. The number of likely N-dealkylation sites (N-methyl/N-ethyl adjacent to an activating group) is 1. The zero-order valence-corrected chi connectivity index (χ0v) is 9.01. The van der Waals surface area contributed by atoms with Gasteiger partial charge in [0.25, 0.3) is 5.91 Å². The summed E-state index contributed by atoms with van der Waals surface area (Å²) in [5, 5.41) is 0.652. The van der Waals surface area contributed by atoms with Crippen LogP contribution in [0.3, 0.4) is 0 Å². The highest BCUT2D eigenvalue weighted by molar-refractivity contribution is 6.30. The van der Waals surface area contributed by atoms with Crippen LogP contribution in [0.25, 0.3) is 5.57 Å². The first-order chi connectivity index (χ1) is 6.52. The van der Waals surface area contributed by atoms with Crippen molar-refractivity contribution in [3.8, 4) is 0 Å². The van der Waals surface area contributed by atoms with Crippen molar-refractivity contribution in [3.05, 3.63) is 41.4 Å². The van der Waals surface area contributed by atoms with E-state index in [1.165, 1.54) is 4.90 Å². The first kappa shape index (κ1) is 10.8. The topological polar surface area (TPSA) is 20.3 Å². The van der Waals surface area contributed by atoms with Crippen LogP contribution in [0.4, 0.5) is 0 Å². The molecule has 1 aromatic rings. The van der Waals surface area contributed by atoms with Gasteiger partial charge in [0.05, 0.1) is 0 Å². The van der Waals surface area contributed by atoms with Crippen LogP contribution in [0.5, 0.6) is 0 Å². The molecular formula is C11H12ClNO. The van der Waals surface area contributed by atoms with E-state index in [9.17, 15) is 4.79 Å². The third-order valence-corrected chi connectivity index (χ3v) is 2.11. The van der Waals surface area contributed by atoms with E-state index >= 15 is 0 Å². The van der Waals surface area contributed by atoms with E-state index < -0.39 is 0 Å². The Kier molecular flexibility index (Phi) is 3.31. The van der Waals surface area contributed by atoms with E-state index in [0.29, 0.717) is 10.6 Å². The molecule has 0 aliphatic rings. The molecule has 0 fully saturated rings. The zero-order valence-electron chi connectivity index (χ0n) is 8.25. The van der Waals surface area contributed by atoms with Crippen molar-refractivity contribution in [2.75, 3.05) is 14.1 Å². The van der Waals surface area contributed by atoms with Gasteiger partial charge in [0.1, 0.15) is 0 Å². The summed E-state index contributed by atoms with van der Waals surface area (Å²) in [5.41, 5.74) is 1.28. The highest BCUT2D eigenvalue weighted by atomic mass is 35.5. The van der Waals surface area contributed by atoms with E-state index in [4.69, 9.17) is 11.6 Å². The van der Waals surface area contributed by atoms with Crippen LogP contribution < -0.4 is 0 Å². The smallest absolute Gasteiger partial charge is 0.253 e. The zero-order chi connectivity index (χ0) is 10.7. The third kappa shape index (κ3) is 2.36. The Labute approximate surface area is 88.8 Å². The maximum Gasteiger partial charge on any atom is 0.253 e. The molecule has 0 atom stereocenters. The fraction of sp³-hybridized carbons (Fsp3) is 0.182. The lowest BCUT2D eigenvalue weighted by Crippen LogP contribution is -2.22. The molecule has 1 aromatic carbocycles. The largest absolute Gasteiger partial charge is 0.345 e. The number of rotatable bonds is 2. The molecule has 14 heavy (non-hydrogen) atoms. The Morgan fingerprint density at radius 1 is 1.29 bits per heavy atom. The van der Waals surface area contributed by atoms with Gasteiger partial charge in [-0.2, -0.15) is 0 Å². The lowest BCUT2D eigenvalue weighted by atomic mass is 10.1. The SMILES string of the molecule is C=C(C(=O)N(C)C)c1ccc(Cl)cc1. The molecule has 0 saturated carbocycles. The van der Waals surface area contributed by atoms with Crippen molar-refractivity contribution in [2.24, 2.45) is 0 Å². The number of halogens is 1. The van der Waals surface area contributed by atoms with Crippen LogP contribution in [0, 0.1) is 0 Å². The maximum atomic E-state index is 11.5. The molecule has 0 spiro atoms. The molecule has 0 aliphatic heterocycles. The first-order valence-corrected chi connectivity index (χ1v) is 4.56. The van der Waals surface area contributed by atoms with Gasteiger partial charge in [0.15, 0.2) is 0 Å². The summed E-state index contributed by atoms with van der Waals surface area (Å²) < 4.78 is 0. The second-order valence-electron chi connectivity index (χ2n) is 3.19. The molecule has 0 saturated heterocycles. The summed E-state index contributed by atoms with van der Waals surface area (Å²) in [6, 6.07) is 7.05. The highest BCUT2D eigenvalue weighted by Crippen LogP contribution is 2.17. The first-order valence-electron chi connectivity index (χ1n) is 4.19. The van der Waals surface area contributed by atoms with Gasteiger partial charge < -0.3 is 4.90 Å². The van der Waals surface area contributed by atoms with Gasteiger partial charge in [-0.1, -0.05) is 30.3 Å². The normalized spacial score (nSPS) is 9.64. The highest BCUT2D eigenvalue weighted by Gasteiger charge is 2.10. The van der Waals surface area contributed by atoms with Crippen LogP contribution in [0.15, 0.2) is 30.8 Å². The van der Waals surface area contributed by atoms with Crippen molar-refractivity contribution in [3.63, 3.8) is 0 Å². The Morgan fingerprint density at radius 2 is 1.79 bits per heavy atom. The van der Waals surface area contributed by atoms with E-state index in [2.05, 4.69) is 6.58 Å². The molecule has 0 aliphatic carbocycles. The van der Waals surface area contributed by atoms with Crippen molar-refractivity contribution in [2.45, 2.75) is 0 Å². The van der Waals surface area contributed by atoms with Crippen LogP contribution >= 0.6 is 11.6 Å². The fourth-order valence-electron chi connectivity index (χ4n) is 1.04. The summed E-state index contributed by atoms with van der Waals surface area (Å²) in [7, 11) is 3.40. The Balaban J connectivity index is 2.90. The number of hydrogen-bond donors (Lipinski definition) is 0. The molecule has 0 unspecified atom stereocenters. The lowest BCUT2D eigenvalue weighted by molar-refractivity contribution is -0.122. The number of amides is 1. The number of hydrogen-bond acceptors (Lipinski definition) is 1. The molecule has 0 bridgehead atoms. The van der Waals surface area contributed by atoms with Gasteiger partial charge in [-0.25, -0.2) is 0 Å². The third-order valence-electron chi connectivity index (χ3n) is 1.86. The summed E-state index contributed by atoms with van der Waals surface area (Å²) in [5.74, 6) is -0.0904. The summed E-state index contributed by atoms with van der Waals surface area (Å²) in [6.45, 7) is 3.74. The average molecular weight is 210 g/mol. The molecule has 0 radical (unpaired) electrons. The summed E-state index contributed by atoms with van der Waals surface area (Å²) >= 11 is 5.73. The molecule has 0 aromatic heterocycles. The van der Waals surface area contributed by atoms with E-state index in [-0.39, 0.29) is 5.91 Å². The minimum atomic E-state index is -0.0904. The molecule has 74 valence electrons. The Bertz CT molecular complexity index is 354. The van der Waals surface area contributed by atoms with E-state index in [1.54, 1.807) is 38.4 Å². The maximum absolute atomic E-state index is 11.5. The quantitative estimate of drug-likeness (QED) is 0.686. The predicted octanol–water partition coefficient (Wildman–Crippen LogP) is 2.44. The molecule has 0 heterocycles. The molecule has 1 rings (SSSR count). The van der Waals surface area contributed by atoms with E-state index in [0.717, 1.165) is 5.56 Å². The summed E-state index contributed by atoms with van der Waals surface area (Å²) in [4.78, 5) is 13.0. The van der Waals surface area contributed by atoms with Gasteiger partial charge in [0.2, 0.25) is 0 Å². The van der Waals surface area contributed by atoms with Gasteiger partial charge >= 0.3 is 0 Å².